The van der Waals surface area contributed by atoms with Crippen molar-refractivity contribution in [3.63, 3.8) is 0 Å². The number of anilines is 1. The first kappa shape index (κ1) is 23.9. The monoisotopic (exact) mass is 492 g/mol. The van der Waals surface area contributed by atoms with Gasteiger partial charge in [0.1, 0.15) is 5.75 Å². The summed E-state index contributed by atoms with van der Waals surface area (Å²) in [6.45, 7) is 5.72. The fraction of sp³-hybridized carbons (Fsp3) is 0.192. The van der Waals surface area contributed by atoms with Crippen LogP contribution < -0.4 is 10.1 Å². The highest BCUT2D eigenvalue weighted by atomic mass is 35.5. The predicted molar refractivity (Wildman–Crippen MR) is 137 cm³/mol. The van der Waals surface area contributed by atoms with Crippen LogP contribution in [0.2, 0.25) is 5.02 Å². The molecule has 0 aliphatic carbocycles. The Morgan fingerprint density at radius 1 is 0.971 bits per heavy atom. The first-order valence-electron chi connectivity index (χ1n) is 10.9. The number of hydrogen-bond donors (Lipinski definition) is 1. The third kappa shape index (κ3) is 5.43. The van der Waals surface area contributed by atoms with Crippen LogP contribution in [0.4, 0.5) is 5.69 Å². The highest BCUT2D eigenvalue weighted by Crippen LogP contribution is 2.32. The first-order chi connectivity index (χ1) is 16.4. The number of aryl methyl sites for hydroxylation is 1. The number of nitrogens with one attached hydrogen (secondary N) is 1. The van der Waals surface area contributed by atoms with E-state index in [9.17, 15) is 4.79 Å². The Balaban J connectivity index is 1.60. The Morgan fingerprint density at radius 3 is 2.38 bits per heavy atom. The lowest BCUT2D eigenvalue weighted by atomic mass is 10.2. The molecule has 1 amide bonds. The van der Waals surface area contributed by atoms with E-state index in [4.69, 9.17) is 16.3 Å². The van der Waals surface area contributed by atoms with Crippen molar-refractivity contribution in [2.75, 3.05) is 5.32 Å². The van der Waals surface area contributed by atoms with Gasteiger partial charge in [0.25, 0.3) is 0 Å². The Kier molecular flexibility index (Phi) is 7.55. The SMILES string of the molecule is Cc1ccccc1NC(=O)C(C)Sc1nnc(C(C)Oc2ccccc2Cl)n1-c1ccccc1. The largest absolute Gasteiger partial charge is 0.481 e. The van der Waals surface area contributed by atoms with Gasteiger partial charge < -0.3 is 10.1 Å². The van der Waals surface area contributed by atoms with Gasteiger partial charge in [-0.2, -0.15) is 0 Å². The van der Waals surface area contributed by atoms with Crippen LogP contribution in [0.15, 0.2) is 84.0 Å². The van der Waals surface area contributed by atoms with Crippen molar-refractivity contribution in [3.05, 3.63) is 95.3 Å². The number of para-hydroxylation sites is 3. The number of thioether (sulfide) groups is 1. The molecule has 4 rings (SSSR count). The average molecular weight is 493 g/mol. The second-order valence-electron chi connectivity index (χ2n) is 7.77. The fourth-order valence-electron chi connectivity index (χ4n) is 3.38. The van der Waals surface area contributed by atoms with Crippen molar-refractivity contribution >= 4 is 35.0 Å². The number of ether oxygens (including phenoxy) is 1. The molecule has 3 aromatic carbocycles. The van der Waals surface area contributed by atoms with Gasteiger partial charge in [-0.3, -0.25) is 9.36 Å². The van der Waals surface area contributed by atoms with Crippen molar-refractivity contribution < 1.29 is 9.53 Å². The van der Waals surface area contributed by atoms with Gasteiger partial charge in [0.15, 0.2) is 17.1 Å². The summed E-state index contributed by atoms with van der Waals surface area (Å²) in [5.74, 6) is 1.07. The molecular weight excluding hydrogens is 468 g/mol. The standard InChI is InChI=1S/C26H25ClN4O2S/c1-17-11-7-9-15-22(17)28-25(32)19(3)34-26-30-29-24(31(26)20-12-5-4-6-13-20)18(2)33-23-16-10-8-14-21(23)27/h4-16,18-19H,1-3H3,(H,28,32). The minimum Gasteiger partial charge on any atom is -0.481 e. The van der Waals surface area contributed by atoms with Crippen LogP contribution in [0.25, 0.3) is 5.69 Å². The summed E-state index contributed by atoms with van der Waals surface area (Å²) >= 11 is 7.62. The molecule has 6 nitrogen and oxygen atoms in total. The molecule has 2 unspecified atom stereocenters. The number of amides is 1. The molecule has 34 heavy (non-hydrogen) atoms. The third-order valence-electron chi connectivity index (χ3n) is 5.23. The zero-order valence-corrected chi connectivity index (χ0v) is 20.7. The Bertz CT molecular complexity index is 1280. The number of nitrogens with zero attached hydrogens (tertiary/aromatic N) is 3. The number of carbonyl (C=O) groups excluding carboxylic acids is 1. The van der Waals surface area contributed by atoms with E-state index in [0.717, 1.165) is 16.9 Å². The lowest BCUT2D eigenvalue weighted by Gasteiger charge is -2.18. The summed E-state index contributed by atoms with van der Waals surface area (Å²) in [6.07, 6.45) is -0.432. The van der Waals surface area contributed by atoms with Crippen LogP contribution in [0.3, 0.4) is 0 Å². The second kappa shape index (κ2) is 10.8. The van der Waals surface area contributed by atoms with Crippen molar-refractivity contribution in [1.29, 1.82) is 0 Å². The summed E-state index contributed by atoms with van der Waals surface area (Å²) in [4.78, 5) is 12.9. The van der Waals surface area contributed by atoms with Crippen molar-refractivity contribution in [2.45, 2.75) is 37.3 Å². The fourth-order valence-corrected chi connectivity index (χ4v) is 4.44. The van der Waals surface area contributed by atoms with Crippen LogP contribution in [0, 0.1) is 6.92 Å². The lowest BCUT2D eigenvalue weighted by molar-refractivity contribution is -0.115. The van der Waals surface area contributed by atoms with Crippen LogP contribution in [-0.4, -0.2) is 25.9 Å². The molecule has 1 N–H and O–H groups in total. The number of carbonyl (C=O) groups is 1. The molecule has 0 spiro atoms. The quantitative estimate of drug-likeness (QED) is 0.285. The maximum absolute atomic E-state index is 12.9. The van der Waals surface area contributed by atoms with Crippen LogP contribution in [0.1, 0.15) is 31.3 Å². The highest BCUT2D eigenvalue weighted by Gasteiger charge is 2.25. The molecule has 0 radical (unpaired) electrons. The molecule has 1 heterocycles. The van der Waals surface area contributed by atoms with E-state index in [1.165, 1.54) is 11.8 Å². The summed E-state index contributed by atoms with van der Waals surface area (Å²) < 4.78 is 8.03. The van der Waals surface area contributed by atoms with Crippen LogP contribution in [0.5, 0.6) is 5.75 Å². The molecule has 0 bridgehead atoms. The lowest BCUT2D eigenvalue weighted by Crippen LogP contribution is -2.23. The van der Waals surface area contributed by atoms with Crippen molar-refractivity contribution in [1.82, 2.24) is 14.8 Å². The van der Waals surface area contributed by atoms with E-state index >= 15 is 0 Å². The number of hydrogen-bond acceptors (Lipinski definition) is 5. The first-order valence-corrected chi connectivity index (χ1v) is 12.1. The maximum atomic E-state index is 12.9. The summed E-state index contributed by atoms with van der Waals surface area (Å²) in [6, 6.07) is 24.8. The molecule has 0 fully saturated rings. The Hall–Kier alpha value is -3.29. The highest BCUT2D eigenvalue weighted by molar-refractivity contribution is 8.00. The van der Waals surface area contributed by atoms with E-state index in [1.54, 1.807) is 6.07 Å². The van der Waals surface area contributed by atoms with Gasteiger partial charge >= 0.3 is 0 Å². The van der Waals surface area contributed by atoms with Gasteiger partial charge in [0.05, 0.1) is 10.3 Å². The molecule has 2 atom stereocenters. The molecule has 0 aliphatic heterocycles. The Morgan fingerprint density at radius 2 is 1.65 bits per heavy atom. The van der Waals surface area contributed by atoms with E-state index in [0.29, 0.717) is 21.8 Å². The summed E-state index contributed by atoms with van der Waals surface area (Å²) in [5.41, 5.74) is 2.69. The number of rotatable bonds is 8. The zero-order valence-electron chi connectivity index (χ0n) is 19.1. The van der Waals surface area contributed by atoms with Gasteiger partial charge in [-0.25, -0.2) is 0 Å². The topological polar surface area (TPSA) is 69.0 Å². The van der Waals surface area contributed by atoms with Crippen molar-refractivity contribution in [2.24, 2.45) is 0 Å². The number of aromatic nitrogens is 3. The van der Waals surface area contributed by atoms with Gasteiger partial charge in [0.2, 0.25) is 5.91 Å². The molecule has 8 heteroatoms. The van der Waals surface area contributed by atoms with Gasteiger partial charge in [0, 0.05) is 11.4 Å². The molecule has 0 saturated carbocycles. The van der Waals surface area contributed by atoms with Crippen molar-refractivity contribution in [3.8, 4) is 11.4 Å². The van der Waals surface area contributed by atoms with E-state index in [2.05, 4.69) is 15.5 Å². The maximum Gasteiger partial charge on any atom is 0.237 e. The number of benzene rings is 3. The normalized spacial score (nSPS) is 12.7. The molecular formula is C26H25ClN4O2S. The predicted octanol–water partition coefficient (Wildman–Crippen LogP) is 6.49. The molecule has 174 valence electrons. The smallest absolute Gasteiger partial charge is 0.237 e. The van der Waals surface area contributed by atoms with E-state index in [1.807, 2.05) is 98.1 Å². The van der Waals surface area contributed by atoms with E-state index in [-0.39, 0.29) is 5.91 Å². The molecule has 0 aliphatic rings. The van der Waals surface area contributed by atoms with Crippen LogP contribution in [-0.2, 0) is 4.79 Å². The molecule has 4 aromatic rings. The Labute approximate surface area is 208 Å². The van der Waals surface area contributed by atoms with Crippen LogP contribution >= 0.6 is 23.4 Å². The summed E-state index contributed by atoms with van der Waals surface area (Å²) in [7, 11) is 0. The molecule has 0 saturated heterocycles. The average Bonchev–Trinajstić information content (AvgIpc) is 3.26. The van der Waals surface area contributed by atoms with E-state index < -0.39 is 11.4 Å². The molecule has 1 aromatic heterocycles. The van der Waals surface area contributed by atoms with Gasteiger partial charge in [-0.15, -0.1) is 10.2 Å². The summed E-state index contributed by atoms with van der Waals surface area (Å²) in [5, 5.41) is 12.6. The minimum atomic E-state index is -0.432. The zero-order chi connectivity index (χ0) is 24.1. The van der Waals surface area contributed by atoms with Gasteiger partial charge in [-0.1, -0.05) is 71.9 Å². The number of halogens is 1. The third-order valence-corrected chi connectivity index (χ3v) is 6.59. The second-order valence-corrected chi connectivity index (χ2v) is 9.48. The minimum absolute atomic E-state index is 0.108. The van der Waals surface area contributed by atoms with Gasteiger partial charge in [-0.05, 0) is 56.7 Å².